The Bertz CT molecular complexity index is 1300. The minimum absolute atomic E-state index is 0.0469. The molecule has 0 aliphatic carbocycles. The molecule has 1 fully saturated rings. The summed E-state index contributed by atoms with van der Waals surface area (Å²) < 4.78 is 23.1. The molecule has 1 aromatic heterocycles. The number of aromatic nitrogens is 2. The Balaban J connectivity index is 1.54. The molecule has 1 N–H and O–H groups in total. The van der Waals surface area contributed by atoms with Crippen LogP contribution >= 0.6 is 0 Å². The summed E-state index contributed by atoms with van der Waals surface area (Å²) in [5.74, 6) is 1.63. The first kappa shape index (κ1) is 31.3. The van der Waals surface area contributed by atoms with Crippen molar-refractivity contribution in [3.63, 3.8) is 0 Å². The van der Waals surface area contributed by atoms with Gasteiger partial charge in [-0.05, 0) is 57.9 Å². The van der Waals surface area contributed by atoms with Crippen molar-refractivity contribution >= 4 is 28.4 Å². The Morgan fingerprint density at radius 1 is 1.05 bits per heavy atom. The number of morpholine rings is 1. The van der Waals surface area contributed by atoms with Gasteiger partial charge in [0, 0.05) is 30.2 Å². The summed E-state index contributed by atoms with van der Waals surface area (Å²) in [6.45, 7) is 13.2. The molecule has 4 rings (SSSR count). The van der Waals surface area contributed by atoms with Crippen molar-refractivity contribution in [2.75, 3.05) is 49.7 Å². The molecule has 1 atom stereocenters. The third kappa shape index (κ3) is 9.21. The number of nitrogens with zero attached hydrogens (tertiary/aromatic N) is 3. The van der Waals surface area contributed by atoms with Crippen molar-refractivity contribution < 1.29 is 23.7 Å². The van der Waals surface area contributed by atoms with E-state index in [0.717, 1.165) is 48.5 Å². The van der Waals surface area contributed by atoms with Crippen LogP contribution < -0.4 is 19.7 Å². The van der Waals surface area contributed by atoms with Crippen LogP contribution in [0.1, 0.15) is 78.3 Å². The summed E-state index contributed by atoms with van der Waals surface area (Å²) in [5, 5.41) is 4.39. The molecular weight excluding hydrogens is 532 g/mol. The van der Waals surface area contributed by atoms with Crippen LogP contribution in [0.15, 0.2) is 42.7 Å². The molecule has 0 amide bonds. The third-order valence-electron chi connectivity index (χ3n) is 7.06. The molecule has 9 nitrogen and oxygen atoms in total. The molecule has 0 bridgehead atoms. The summed E-state index contributed by atoms with van der Waals surface area (Å²) in [5.41, 5.74) is 2.09. The lowest BCUT2D eigenvalue weighted by Gasteiger charge is -2.29. The van der Waals surface area contributed by atoms with Gasteiger partial charge in [-0.1, -0.05) is 44.7 Å². The number of rotatable bonds is 14. The van der Waals surface area contributed by atoms with Crippen LogP contribution in [0.4, 0.5) is 11.5 Å². The van der Waals surface area contributed by atoms with Crippen molar-refractivity contribution in [2.45, 2.75) is 78.4 Å². The standard InChI is InChI=1S/C33H46N4O5/c1-6-7-8-9-10-16-40-27-13-11-12-25(19-27)24(2)36-32-28-20-26(37-14-17-39-18-15-37)21-29(31(28)34-23-35-32)41-22-30(38)42-33(3,4)5/h11-13,19-21,23-24H,6-10,14-18,22H2,1-5H3,(H,34,35,36)/t24-/m1/s1. The smallest absolute Gasteiger partial charge is 0.344 e. The molecule has 2 aromatic carbocycles. The average Bonchev–Trinajstić information content (AvgIpc) is 2.97. The zero-order valence-corrected chi connectivity index (χ0v) is 25.8. The van der Waals surface area contributed by atoms with Gasteiger partial charge in [0.15, 0.2) is 6.61 Å². The van der Waals surface area contributed by atoms with Crippen molar-refractivity contribution in [2.24, 2.45) is 0 Å². The summed E-state index contributed by atoms with van der Waals surface area (Å²) in [7, 11) is 0. The van der Waals surface area contributed by atoms with Crippen LogP contribution in [-0.2, 0) is 14.3 Å². The van der Waals surface area contributed by atoms with E-state index >= 15 is 0 Å². The Hall–Kier alpha value is -3.59. The predicted molar refractivity (Wildman–Crippen MR) is 167 cm³/mol. The van der Waals surface area contributed by atoms with E-state index in [1.165, 1.54) is 32.0 Å². The summed E-state index contributed by atoms with van der Waals surface area (Å²) >= 11 is 0. The number of anilines is 2. The lowest BCUT2D eigenvalue weighted by Crippen LogP contribution is -2.36. The monoisotopic (exact) mass is 578 g/mol. The van der Waals surface area contributed by atoms with Crippen molar-refractivity contribution in [1.82, 2.24) is 9.97 Å². The highest BCUT2D eigenvalue weighted by atomic mass is 16.6. The molecule has 0 spiro atoms. The molecule has 0 unspecified atom stereocenters. The first-order valence-corrected chi connectivity index (χ1v) is 15.2. The summed E-state index contributed by atoms with van der Waals surface area (Å²) in [6, 6.07) is 12.2. The van der Waals surface area contributed by atoms with Crippen LogP contribution in [0.5, 0.6) is 11.5 Å². The Morgan fingerprint density at radius 2 is 1.83 bits per heavy atom. The van der Waals surface area contributed by atoms with Gasteiger partial charge in [-0.25, -0.2) is 14.8 Å². The number of carbonyl (C=O) groups is 1. The zero-order chi connectivity index (χ0) is 30.0. The SMILES string of the molecule is CCCCCCCOc1cccc([C@@H](C)Nc2ncnc3c(OCC(=O)OC(C)(C)C)cc(N4CCOCC4)cc23)c1. The van der Waals surface area contributed by atoms with Crippen LogP contribution in [0.2, 0.25) is 0 Å². The van der Waals surface area contributed by atoms with Gasteiger partial charge in [-0.15, -0.1) is 0 Å². The van der Waals surface area contributed by atoms with E-state index in [0.29, 0.717) is 30.3 Å². The number of hydrogen-bond donors (Lipinski definition) is 1. The van der Waals surface area contributed by atoms with Crippen LogP contribution in [-0.4, -0.2) is 61.1 Å². The topological polar surface area (TPSA) is 95.0 Å². The average molecular weight is 579 g/mol. The van der Waals surface area contributed by atoms with Crippen LogP contribution in [0.25, 0.3) is 10.9 Å². The number of ether oxygens (including phenoxy) is 4. The maximum absolute atomic E-state index is 12.4. The molecule has 2 heterocycles. The molecule has 1 aliphatic rings. The molecular formula is C33H46N4O5. The number of esters is 1. The van der Waals surface area contributed by atoms with Gasteiger partial charge in [0.05, 0.1) is 25.9 Å². The van der Waals surface area contributed by atoms with E-state index in [1.54, 1.807) is 0 Å². The van der Waals surface area contributed by atoms with E-state index in [2.05, 4.69) is 52.2 Å². The second-order valence-corrected chi connectivity index (χ2v) is 11.7. The van der Waals surface area contributed by atoms with Crippen molar-refractivity contribution in [1.29, 1.82) is 0 Å². The molecule has 42 heavy (non-hydrogen) atoms. The van der Waals surface area contributed by atoms with E-state index in [-0.39, 0.29) is 12.6 Å². The largest absolute Gasteiger partial charge is 0.494 e. The minimum Gasteiger partial charge on any atom is -0.494 e. The molecule has 1 saturated heterocycles. The van der Waals surface area contributed by atoms with E-state index in [1.807, 2.05) is 39.0 Å². The first-order chi connectivity index (χ1) is 20.2. The van der Waals surface area contributed by atoms with Crippen molar-refractivity contribution in [3.05, 3.63) is 48.3 Å². The fourth-order valence-electron chi connectivity index (χ4n) is 4.92. The Kier molecular flexibility index (Phi) is 11.2. The van der Waals surface area contributed by atoms with Gasteiger partial charge < -0.3 is 29.2 Å². The summed E-state index contributed by atoms with van der Waals surface area (Å²) in [6.07, 6.45) is 7.56. The number of nitrogens with one attached hydrogen (secondary N) is 1. The van der Waals surface area contributed by atoms with E-state index in [4.69, 9.17) is 18.9 Å². The second kappa shape index (κ2) is 15.0. The highest BCUT2D eigenvalue weighted by molar-refractivity contribution is 5.96. The van der Waals surface area contributed by atoms with Gasteiger partial charge in [0.2, 0.25) is 0 Å². The minimum atomic E-state index is -0.593. The molecule has 9 heteroatoms. The van der Waals surface area contributed by atoms with Gasteiger partial charge in [-0.2, -0.15) is 0 Å². The van der Waals surface area contributed by atoms with Crippen LogP contribution in [0, 0.1) is 0 Å². The highest BCUT2D eigenvalue weighted by Crippen LogP contribution is 2.35. The second-order valence-electron chi connectivity index (χ2n) is 11.7. The number of hydrogen-bond acceptors (Lipinski definition) is 9. The molecule has 0 saturated carbocycles. The number of fused-ring (bicyclic) bond motifs is 1. The Labute approximate surface area is 249 Å². The normalized spacial score (nSPS) is 14.5. The lowest BCUT2D eigenvalue weighted by molar-refractivity contribution is -0.157. The van der Waals surface area contributed by atoms with Crippen molar-refractivity contribution in [3.8, 4) is 11.5 Å². The molecule has 1 aliphatic heterocycles. The van der Waals surface area contributed by atoms with Crippen LogP contribution in [0.3, 0.4) is 0 Å². The maximum atomic E-state index is 12.4. The van der Waals surface area contributed by atoms with E-state index < -0.39 is 11.6 Å². The van der Waals surface area contributed by atoms with Gasteiger partial charge in [0.1, 0.15) is 34.8 Å². The van der Waals surface area contributed by atoms with Gasteiger partial charge >= 0.3 is 5.97 Å². The fourth-order valence-corrected chi connectivity index (χ4v) is 4.92. The number of carbonyl (C=O) groups excluding carboxylic acids is 1. The Morgan fingerprint density at radius 3 is 2.60 bits per heavy atom. The maximum Gasteiger partial charge on any atom is 0.344 e. The molecule has 228 valence electrons. The lowest BCUT2D eigenvalue weighted by atomic mass is 10.1. The highest BCUT2D eigenvalue weighted by Gasteiger charge is 2.21. The quantitative estimate of drug-likeness (QED) is 0.165. The van der Waals surface area contributed by atoms with Gasteiger partial charge in [-0.3, -0.25) is 0 Å². The summed E-state index contributed by atoms with van der Waals surface area (Å²) in [4.78, 5) is 23.8. The number of unbranched alkanes of at least 4 members (excludes halogenated alkanes) is 4. The van der Waals surface area contributed by atoms with Gasteiger partial charge in [0.25, 0.3) is 0 Å². The number of benzene rings is 2. The molecule has 3 aromatic rings. The fraction of sp³-hybridized carbons (Fsp3) is 0.545. The zero-order valence-electron chi connectivity index (χ0n) is 25.8. The first-order valence-electron chi connectivity index (χ1n) is 15.2. The molecule has 0 radical (unpaired) electrons. The third-order valence-corrected chi connectivity index (χ3v) is 7.06. The van der Waals surface area contributed by atoms with E-state index in [9.17, 15) is 4.79 Å². The predicted octanol–water partition coefficient (Wildman–Crippen LogP) is 6.71.